The highest BCUT2D eigenvalue weighted by Gasteiger charge is 2.08. The lowest BCUT2D eigenvalue weighted by atomic mass is 10.1. The van der Waals surface area contributed by atoms with Gasteiger partial charge in [0.2, 0.25) is 0 Å². The van der Waals surface area contributed by atoms with Crippen molar-refractivity contribution < 1.29 is 4.79 Å². The number of benzene rings is 1. The number of hydrogen-bond acceptors (Lipinski definition) is 4. The summed E-state index contributed by atoms with van der Waals surface area (Å²) in [7, 11) is 0. The normalized spacial score (nSPS) is 10.2. The van der Waals surface area contributed by atoms with Crippen molar-refractivity contribution in [2.45, 2.75) is 6.54 Å². The van der Waals surface area contributed by atoms with Crippen LogP contribution in [0.4, 0.5) is 0 Å². The molecule has 6 heteroatoms. The Labute approximate surface area is 120 Å². The van der Waals surface area contributed by atoms with Gasteiger partial charge in [-0.25, -0.2) is 0 Å². The number of nitrogens with one attached hydrogen (secondary N) is 1. The van der Waals surface area contributed by atoms with Crippen LogP contribution < -0.4 is 5.32 Å². The van der Waals surface area contributed by atoms with Crippen LogP contribution in [0.3, 0.4) is 0 Å². The predicted molar refractivity (Wildman–Crippen MR) is 75.3 cm³/mol. The van der Waals surface area contributed by atoms with Crippen LogP contribution >= 0.6 is 0 Å². The summed E-state index contributed by atoms with van der Waals surface area (Å²) in [5, 5.41) is 19.6. The van der Waals surface area contributed by atoms with Crippen LogP contribution in [0.1, 0.15) is 21.7 Å². The van der Waals surface area contributed by atoms with E-state index in [1.54, 1.807) is 24.3 Å². The minimum atomic E-state index is -0.216. The van der Waals surface area contributed by atoms with E-state index in [2.05, 4.69) is 15.5 Å². The highest BCUT2D eigenvalue weighted by Crippen LogP contribution is 2.05. The summed E-state index contributed by atoms with van der Waals surface area (Å²) in [6.45, 7) is 0.282. The number of carbonyl (C=O) groups excluding carboxylic acids is 1. The average Bonchev–Trinajstić information content (AvgIpc) is 2.96. The molecule has 0 aliphatic carbocycles. The van der Waals surface area contributed by atoms with Gasteiger partial charge in [-0.3, -0.25) is 9.20 Å². The maximum absolute atomic E-state index is 12.0. The molecule has 102 valence electrons. The van der Waals surface area contributed by atoms with Gasteiger partial charge in [-0.15, -0.1) is 10.2 Å². The smallest absolute Gasteiger partial charge is 0.251 e. The van der Waals surface area contributed by atoms with E-state index in [0.29, 0.717) is 17.0 Å². The number of rotatable bonds is 3. The molecular weight excluding hydrogens is 266 g/mol. The zero-order valence-corrected chi connectivity index (χ0v) is 11.0. The van der Waals surface area contributed by atoms with Crippen molar-refractivity contribution in [1.82, 2.24) is 19.9 Å². The van der Waals surface area contributed by atoms with Crippen LogP contribution in [-0.2, 0) is 6.54 Å². The number of nitrogens with zero attached hydrogens (tertiary/aromatic N) is 4. The third-order valence-electron chi connectivity index (χ3n) is 3.07. The van der Waals surface area contributed by atoms with Gasteiger partial charge >= 0.3 is 0 Å². The number of nitriles is 1. The third-order valence-corrected chi connectivity index (χ3v) is 3.07. The number of carbonyl (C=O) groups is 1. The Morgan fingerprint density at radius 3 is 2.76 bits per heavy atom. The molecule has 1 aromatic carbocycles. The Hall–Kier alpha value is -3.20. The van der Waals surface area contributed by atoms with E-state index in [1.165, 1.54) is 0 Å². The van der Waals surface area contributed by atoms with Crippen molar-refractivity contribution in [2.24, 2.45) is 0 Å². The molecule has 1 amide bonds. The van der Waals surface area contributed by atoms with Crippen LogP contribution in [-0.4, -0.2) is 20.5 Å². The minimum Gasteiger partial charge on any atom is -0.345 e. The van der Waals surface area contributed by atoms with Gasteiger partial charge in [-0.2, -0.15) is 5.26 Å². The van der Waals surface area contributed by atoms with Crippen molar-refractivity contribution in [3.63, 3.8) is 0 Å². The molecule has 2 aromatic heterocycles. The number of fused-ring (bicyclic) bond motifs is 1. The maximum Gasteiger partial charge on any atom is 0.251 e. The summed E-state index contributed by atoms with van der Waals surface area (Å²) < 4.78 is 1.82. The van der Waals surface area contributed by atoms with E-state index >= 15 is 0 Å². The van der Waals surface area contributed by atoms with Gasteiger partial charge < -0.3 is 5.32 Å². The number of amides is 1. The molecule has 0 aliphatic heterocycles. The fourth-order valence-corrected chi connectivity index (χ4v) is 1.97. The number of pyridine rings is 1. The SMILES string of the molecule is N#Cc1ccc(C(=O)NCc2nnc3ccccn23)cc1. The first-order valence-electron chi connectivity index (χ1n) is 6.35. The van der Waals surface area contributed by atoms with Crippen molar-refractivity contribution in [3.8, 4) is 6.07 Å². The molecule has 0 radical (unpaired) electrons. The molecule has 1 N–H and O–H groups in total. The summed E-state index contributed by atoms with van der Waals surface area (Å²) in [6.07, 6.45) is 1.85. The number of hydrogen-bond donors (Lipinski definition) is 1. The zero-order valence-electron chi connectivity index (χ0n) is 11.0. The maximum atomic E-state index is 12.0. The van der Waals surface area contributed by atoms with Gasteiger partial charge in [0.05, 0.1) is 18.2 Å². The van der Waals surface area contributed by atoms with E-state index in [9.17, 15) is 4.79 Å². The van der Waals surface area contributed by atoms with Gasteiger partial charge in [0.1, 0.15) is 0 Å². The fraction of sp³-hybridized carbons (Fsp3) is 0.0667. The highest BCUT2D eigenvalue weighted by molar-refractivity contribution is 5.94. The van der Waals surface area contributed by atoms with E-state index < -0.39 is 0 Å². The van der Waals surface area contributed by atoms with E-state index in [4.69, 9.17) is 5.26 Å². The van der Waals surface area contributed by atoms with Crippen molar-refractivity contribution in [3.05, 3.63) is 65.6 Å². The molecule has 0 saturated heterocycles. The lowest BCUT2D eigenvalue weighted by Gasteiger charge is -2.04. The third kappa shape index (κ3) is 2.58. The Balaban J connectivity index is 1.72. The van der Waals surface area contributed by atoms with Gasteiger partial charge in [-0.1, -0.05) is 6.07 Å². The molecule has 0 unspecified atom stereocenters. The Bertz CT molecular complexity index is 829. The van der Waals surface area contributed by atoms with Crippen molar-refractivity contribution >= 4 is 11.6 Å². The lowest BCUT2D eigenvalue weighted by molar-refractivity contribution is 0.0950. The summed E-state index contributed by atoms with van der Waals surface area (Å²) in [4.78, 5) is 12.0. The monoisotopic (exact) mass is 277 g/mol. The predicted octanol–water partition coefficient (Wildman–Crippen LogP) is 1.53. The molecule has 6 nitrogen and oxygen atoms in total. The molecule has 0 bridgehead atoms. The molecule has 21 heavy (non-hydrogen) atoms. The Kier molecular flexibility index (Phi) is 3.31. The Morgan fingerprint density at radius 1 is 1.19 bits per heavy atom. The Morgan fingerprint density at radius 2 is 2.00 bits per heavy atom. The van der Waals surface area contributed by atoms with Crippen LogP contribution in [0, 0.1) is 11.3 Å². The van der Waals surface area contributed by atoms with Gasteiger partial charge in [0, 0.05) is 11.8 Å². The van der Waals surface area contributed by atoms with Gasteiger partial charge in [0.25, 0.3) is 5.91 Å². The van der Waals surface area contributed by atoms with E-state index in [-0.39, 0.29) is 12.5 Å². The summed E-state index contributed by atoms with van der Waals surface area (Å²) in [6, 6.07) is 14.1. The molecular formula is C15H11N5O. The summed E-state index contributed by atoms with van der Waals surface area (Å²) >= 11 is 0. The summed E-state index contributed by atoms with van der Waals surface area (Å²) in [5.74, 6) is 0.444. The first-order valence-corrected chi connectivity index (χ1v) is 6.35. The first-order chi connectivity index (χ1) is 10.3. The number of aromatic nitrogens is 3. The second-order valence-electron chi connectivity index (χ2n) is 4.42. The largest absolute Gasteiger partial charge is 0.345 e. The lowest BCUT2D eigenvalue weighted by Crippen LogP contribution is -2.23. The van der Waals surface area contributed by atoms with Crippen LogP contribution in [0.15, 0.2) is 48.7 Å². The standard InChI is InChI=1S/C15H11N5O/c16-9-11-4-6-12(7-5-11)15(21)17-10-14-19-18-13-3-1-2-8-20(13)14/h1-8H,10H2,(H,17,21). The average molecular weight is 277 g/mol. The molecule has 0 saturated carbocycles. The quantitative estimate of drug-likeness (QED) is 0.787. The summed E-state index contributed by atoms with van der Waals surface area (Å²) in [5.41, 5.74) is 1.76. The second-order valence-corrected chi connectivity index (χ2v) is 4.42. The molecule has 3 rings (SSSR count). The van der Waals surface area contributed by atoms with Crippen molar-refractivity contribution in [2.75, 3.05) is 0 Å². The molecule has 0 spiro atoms. The van der Waals surface area contributed by atoms with Crippen LogP contribution in [0.2, 0.25) is 0 Å². The molecule has 2 heterocycles. The second kappa shape index (κ2) is 5.43. The fourth-order valence-electron chi connectivity index (χ4n) is 1.97. The van der Waals surface area contributed by atoms with E-state index in [0.717, 1.165) is 5.65 Å². The molecule has 0 fully saturated rings. The molecule has 0 atom stereocenters. The zero-order chi connectivity index (χ0) is 14.7. The first kappa shape index (κ1) is 12.8. The van der Waals surface area contributed by atoms with Crippen LogP contribution in [0.5, 0.6) is 0 Å². The molecule has 0 aliphatic rings. The van der Waals surface area contributed by atoms with Gasteiger partial charge in [-0.05, 0) is 36.4 Å². The minimum absolute atomic E-state index is 0.216. The van der Waals surface area contributed by atoms with Crippen LogP contribution in [0.25, 0.3) is 5.65 Å². The highest BCUT2D eigenvalue weighted by atomic mass is 16.1. The topological polar surface area (TPSA) is 83.1 Å². The van der Waals surface area contributed by atoms with Gasteiger partial charge in [0.15, 0.2) is 11.5 Å². The van der Waals surface area contributed by atoms with E-state index in [1.807, 2.05) is 34.9 Å². The van der Waals surface area contributed by atoms with Crippen molar-refractivity contribution in [1.29, 1.82) is 5.26 Å². The molecule has 3 aromatic rings.